The minimum Gasteiger partial charge on any atom is -0.463 e. The van der Waals surface area contributed by atoms with Gasteiger partial charge in [-0.2, -0.15) is 0 Å². The van der Waals surface area contributed by atoms with E-state index in [1.807, 2.05) is 0 Å². The second-order valence-corrected chi connectivity index (χ2v) is 24.7. The third-order valence-corrected chi connectivity index (χ3v) is 15.0. The van der Waals surface area contributed by atoms with Crippen LogP contribution in [-0.4, -0.2) is 95.9 Å². The largest absolute Gasteiger partial charge is 0.472 e. The van der Waals surface area contributed by atoms with E-state index in [4.69, 9.17) is 32.3 Å². The molecule has 0 saturated carbocycles. The molecule has 0 radical (unpaired) electrons. The van der Waals surface area contributed by atoms with E-state index in [2.05, 4.69) is 203 Å². The first kappa shape index (κ1) is 87.7. The number of carbonyl (C=O) groups excluding carboxylic acids is 3. The van der Waals surface area contributed by atoms with Gasteiger partial charge in [-0.05, 0) is 154 Å². The summed E-state index contributed by atoms with van der Waals surface area (Å²) in [6.07, 6.45) is 83.7. The normalized spacial score (nSPS) is 15.3. The van der Waals surface area contributed by atoms with Gasteiger partial charge < -0.3 is 34.2 Å². The Kier molecular flexibility index (Phi) is 62.8. The van der Waals surface area contributed by atoms with Gasteiger partial charge in [0.05, 0.1) is 26.4 Å². The maximum absolute atomic E-state index is 12.9. The fourth-order valence-electron chi connectivity index (χ4n) is 8.00. The highest BCUT2D eigenvalue weighted by Gasteiger charge is 2.29. The fourth-order valence-corrected chi connectivity index (χ4v) is 9.58. The predicted octanol–water partition coefficient (Wildman–Crippen LogP) is 19.1. The summed E-state index contributed by atoms with van der Waals surface area (Å²) in [6.45, 7) is 2.16. The van der Waals surface area contributed by atoms with Crippen molar-refractivity contribution < 1.29 is 75.8 Å². The molecule has 93 heavy (non-hydrogen) atoms. The molecule has 5 unspecified atom stereocenters. The van der Waals surface area contributed by atoms with Crippen LogP contribution >= 0.6 is 15.6 Å². The van der Waals surface area contributed by atoms with Crippen molar-refractivity contribution in [3.8, 4) is 0 Å². The lowest BCUT2D eigenvalue weighted by atomic mass is 10.1. The number of aliphatic hydroxyl groups is 2. The highest BCUT2D eigenvalue weighted by molar-refractivity contribution is 7.47. The van der Waals surface area contributed by atoms with E-state index in [0.717, 1.165) is 154 Å². The molecule has 0 bridgehead atoms. The number of phosphoric ester groups is 2. The van der Waals surface area contributed by atoms with E-state index in [9.17, 15) is 43.5 Å². The smallest absolute Gasteiger partial charge is 0.463 e. The monoisotopic (exact) mass is 1340 g/mol. The molecule has 524 valence electrons. The summed E-state index contributed by atoms with van der Waals surface area (Å²) < 4.78 is 60.8. The predicted molar refractivity (Wildman–Crippen MR) is 380 cm³/mol. The molecule has 0 aromatic rings. The van der Waals surface area contributed by atoms with E-state index in [1.54, 1.807) is 0 Å². The SMILES string of the molecule is CC/C=C\C/C=C\C/C=C\C/C=C\C/C=C\CCCCCC(=O)OCC(O)COP(=O)(O)OCC(O)COP(=O)(O)OCC(COC(=O)CCCCC/C=C\C/C=C\C/C=C\C/C=C\C/C=C\CC)OC(=O)CCCCC/C=C\C/C=C\C/C=C\C/C=C\C/C=C\CC. The minimum absolute atomic E-state index is 0.0482. The van der Waals surface area contributed by atoms with Crippen molar-refractivity contribution in [1.29, 1.82) is 0 Å². The number of phosphoric acid groups is 2. The van der Waals surface area contributed by atoms with Gasteiger partial charge in [-0.1, -0.05) is 222 Å². The summed E-state index contributed by atoms with van der Waals surface area (Å²) in [5.74, 6) is -1.70. The average Bonchev–Trinajstić information content (AvgIpc) is 3.57. The molecule has 0 aliphatic heterocycles. The number of esters is 3. The number of hydrogen-bond donors (Lipinski definition) is 4. The van der Waals surface area contributed by atoms with Crippen LogP contribution in [0, 0.1) is 0 Å². The average molecular weight is 1340 g/mol. The molecule has 0 aromatic carbocycles. The van der Waals surface area contributed by atoms with Crippen LogP contribution in [0.3, 0.4) is 0 Å². The van der Waals surface area contributed by atoms with Gasteiger partial charge in [0.25, 0.3) is 0 Å². The molecule has 18 heteroatoms. The van der Waals surface area contributed by atoms with Gasteiger partial charge in [-0.15, -0.1) is 0 Å². The molecule has 0 heterocycles. The van der Waals surface area contributed by atoms with Gasteiger partial charge in [-0.3, -0.25) is 32.5 Å². The van der Waals surface area contributed by atoms with Crippen LogP contribution in [0.4, 0.5) is 0 Å². The van der Waals surface area contributed by atoms with Crippen LogP contribution in [0.1, 0.15) is 213 Å². The van der Waals surface area contributed by atoms with E-state index < -0.39 is 91.5 Å². The Labute approximate surface area is 560 Å². The van der Waals surface area contributed by atoms with Crippen LogP contribution in [0.2, 0.25) is 0 Å². The Bertz CT molecular complexity index is 2420. The number of hydrogen-bond acceptors (Lipinski definition) is 14. The topological polar surface area (TPSA) is 231 Å². The number of rotatable bonds is 62. The summed E-state index contributed by atoms with van der Waals surface area (Å²) in [7, 11) is -9.83. The summed E-state index contributed by atoms with van der Waals surface area (Å²) in [5.41, 5.74) is 0. The Morgan fingerprint density at radius 3 is 0.828 bits per heavy atom. The molecule has 0 fully saturated rings. The molecule has 16 nitrogen and oxygen atoms in total. The van der Waals surface area contributed by atoms with Crippen LogP contribution in [0.15, 0.2) is 182 Å². The second-order valence-electron chi connectivity index (χ2n) is 21.8. The Morgan fingerprint density at radius 2 is 0.538 bits per heavy atom. The Hall–Kier alpha value is -5.35. The summed E-state index contributed by atoms with van der Waals surface area (Å²) in [5, 5.41) is 20.5. The van der Waals surface area contributed by atoms with Crippen molar-refractivity contribution >= 4 is 33.6 Å². The lowest BCUT2D eigenvalue weighted by Crippen LogP contribution is -2.30. The number of carbonyl (C=O) groups is 3. The zero-order chi connectivity index (χ0) is 68.1. The molecule has 5 atom stereocenters. The third-order valence-electron chi connectivity index (χ3n) is 13.1. The van der Waals surface area contributed by atoms with E-state index in [0.29, 0.717) is 19.3 Å². The maximum atomic E-state index is 12.9. The molecule has 0 spiro atoms. The van der Waals surface area contributed by atoms with Gasteiger partial charge in [0.2, 0.25) is 0 Å². The molecule has 0 aromatic heterocycles. The summed E-state index contributed by atoms with van der Waals surface area (Å²) >= 11 is 0. The standard InChI is InChI=1S/C75H118O16P2/c1-4-7-10-13-16-19-22-25-28-31-34-37-40-43-46-49-52-55-58-61-73(78)85-64-70(76)65-87-92(81,82)88-66-71(77)67-89-93(83,84)90-69-72(91-75(80)63-60-57-54-51-48-45-42-39-36-33-30-27-24-21-18-15-12-9-6-3)68-86-74(79)62-59-56-53-50-47-44-41-38-35-32-29-26-23-20-17-14-11-8-5-2/h7-12,16-21,25-30,34-39,43-48,70-72,76-77H,4-6,13-15,22-24,31-33,40-42,49-69H2,1-3H3,(H,81,82)(H,83,84)/b10-7-,11-8-,12-9-,19-16-,20-17-,21-18-,28-25-,29-26-,30-27-,37-34-,38-35-,39-36-,46-43-,47-44-,48-45-. The van der Waals surface area contributed by atoms with Crippen molar-refractivity contribution in [3.05, 3.63) is 182 Å². The molecule has 4 N–H and O–H groups in total. The van der Waals surface area contributed by atoms with Gasteiger partial charge >= 0.3 is 33.6 Å². The van der Waals surface area contributed by atoms with Crippen molar-refractivity contribution in [2.75, 3.05) is 39.6 Å². The molecule has 0 saturated heterocycles. The van der Waals surface area contributed by atoms with Gasteiger partial charge in [0.15, 0.2) is 6.10 Å². The summed E-state index contributed by atoms with van der Waals surface area (Å²) in [6, 6.07) is 0. The van der Waals surface area contributed by atoms with Crippen LogP contribution in [-0.2, 0) is 55.8 Å². The van der Waals surface area contributed by atoms with E-state index in [1.165, 1.54) is 0 Å². The van der Waals surface area contributed by atoms with Crippen molar-refractivity contribution in [2.45, 2.75) is 232 Å². The number of aliphatic hydroxyl groups excluding tert-OH is 2. The number of unbranched alkanes of at least 4 members (excludes halogenated alkanes) is 9. The molecule has 0 aliphatic carbocycles. The van der Waals surface area contributed by atoms with Crippen LogP contribution < -0.4 is 0 Å². The van der Waals surface area contributed by atoms with Gasteiger partial charge in [0.1, 0.15) is 25.4 Å². The lowest BCUT2D eigenvalue weighted by molar-refractivity contribution is -0.161. The zero-order valence-electron chi connectivity index (χ0n) is 56.6. The fraction of sp³-hybridized carbons (Fsp3) is 0.560. The van der Waals surface area contributed by atoms with Crippen molar-refractivity contribution in [2.24, 2.45) is 0 Å². The molecular weight excluding hydrogens is 1220 g/mol. The van der Waals surface area contributed by atoms with Crippen LogP contribution in [0.5, 0.6) is 0 Å². The zero-order valence-corrected chi connectivity index (χ0v) is 58.4. The highest BCUT2D eigenvalue weighted by Crippen LogP contribution is 2.45. The van der Waals surface area contributed by atoms with Crippen molar-refractivity contribution in [3.63, 3.8) is 0 Å². The first-order valence-corrected chi connectivity index (χ1v) is 37.1. The van der Waals surface area contributed by atoms with Crippen molar-refractivity contribution in [1.82, 2.24) is 0 Å². The molecule has 0 aliphatic rings. The number of ether oxygens (including phenoxy) is 3. The highest BCUT2D eigenvalue weighted by atomic mass is 31.2. The van der Waals surface area contributed by atoms with E-state index in [-0.39, 0.29) is 19.3 Å². The minimum atomic E-state index is -4.96. The number of allylic oxidation sites excluding steroid dienone is 30. The van der Waals surface area contributed by atoms with Crippen LogP contribution in [0.25, 0.3) is 0 Å². The van der Waals surface area contributed by atoms with Gasteiger partial charge in [0, 0.05) is 19.3 Å². The molecule has 0 amide bonds. The third kappa shape index (κ3) is 67.9. The van der Waals surface area contributed by atoms with Gasteiger partial charge in [-0.25, -0.2) is 9.13 Å². The quantitative estimate of drug-likeness (QED) is 0.0146. The Balaban J connectivity index is 4.86. The lowest BCUT2D eigenvalue weighted by Gasteiger charge is -2.21. The Morgan fingerprint density at radius 1 is 0.301 bits per heavy atom. The van der Waals surface area contributed by atoms with E-state index >= 15 is 0 Å². The maximum Gasteiger partial charge on any atom is 0.472 e. The molecular formula is C75H118O16P2. The first-order valence-electron chi connectivity index (χ1n) is 34.1. The first-order chi connectivity index (χ1) is 45.2. The summed E-state index contributed by atoms with van der Waals surface area (Å²) in [4.78, 5) is 58.4. The second kappa shape index (κ2) is 66.7. The molecule has 0 rings (SSSR count).